The molecule has 0 aliphatic carbocycles. The van der Waals surface area contributed by atoms with Crippen LogP contribution in [0.1, 0.15) is 12.8 Å². The van der Waals surface area contributed by atoms with Gasteiger partial charge in [-0.2, -0.15) is 4.98 Å². The highest BCUT2D eigenvalue weighted by Gasteiger charge is 2.44. The summed E-state index contributed by atoms with van der Waals surface area (Å²) in [6, 6.07) is 4.11. The summed E-state index contributed by atoms with van der Waals surface area (Å²) in [5, 5.41) is 3.92. The first-order valence-electron chi connectivity index (χ1n) is 6.13. The van der Waals surface area contributed by atoms with E-state index >= 15 is 0 Å². The zero-order chi connectivity index (χ0) is 14.3. The van der Waals surface area contributed by atoms with Crippen LogP contribution >= 0.6 is 15.9 Å². The van der Waals surface area contributed by atoms with E-state index in [4.69, 9.17) is 15.0 Å². The Balaban J connectivity index is 2.00. The Morgan fingerprint density at radius 2 is 2.30 bits per heavy atom. The molecule has 0 spiro atoms. The van der Waals surface area contributed by atoms with E-state index in [2.05, 4.69) is 26.1 Å². The van der Waals surface area contributed by atoms with Crippen molar-refractivity contribution in [1.82, 2.24) is 10.1 Å². The molecule has 2 N–H and O–H groups in total. The Labute approximate surface area is 123 Å². The molecular weight excluding hydrogens is 329 g/mol. The molecule has 0 amide bonds. The third-order valence-electron chi connectivity index (χ3n) is 3.60. The number of aromatic nitrogens is 2. The van der Waals surface area contributed by atoms with Gasteiger partial charge in [-0.1, -0.05) is 21.1 Å². The molecule has 2 atom stereocenters. The molecule has 2 heterocycles. The van der Waals surface area contributed by atoms with E-state index in [-0.39, 0.29) is 11.9 Å². The predicted molar refractivity (Wildman–Crippen MR) is 73.5 cm³/mol. The van der Waals surface area contributed by atoms with Gasteiger partial charge >= 0.3 is 0 Å². The van der Waals surface area contributed by atoms with E-state index in [1.165, 1.54) is 12.1 Å². The summed E-state index contributed by atoms with van der Waals surface area (Å²) < 4.78 is 24.7. The molecule has 1 saturated heterocycles. The van der Waals surface area contributed by atoms with Gasteiger partial charge in [0.25, 0.3) is 0 Å². The minimum Gasteiger partial charge on any atom is -0.379 e. The smallest absolute Gasteiger partial charge is 0.236 e. The van der Waals surface area contributed by atoms with Gasteiger partial charge in [0.1, 0.15) is 5.82 Å². The number of hydrogen-bond acceptors (Lipinski definition) is 5. The highest BCUT2D eigenvalue weighted by Crippen LogP contribution is 2.33. The Morgan fingerprint density at radius 1 is 1.50 bits per heavy atom. The third-order valence-corrected chi connectivity index (χ3v) is 4.29. The van der Waals surface area contributed by atoms with E-state index in [0.29, 0.717) is 35.0 Å². The van der Waals surface area contributed by atoms with Crippen molar-refractivity contribution in [3.05, 3.63) is 34.4 Å². The Hall–Kier alpha value is -1.31. The van der Waals surface area contributed by atoms with Crippen molar-refractivity contribution in [2.24, 2.45) is 5.73 Å². The summed E-state index contributed by atoms with van der Waals surface area (Å²) in [7, 11) is 0. The van der Waals surface area contributed by atoms with Crippen molar-refractivity contribution in [2.45, 2.75) is 18.4 Å². The lowest BCUT2D eigenvalue weighted by atomic mass is 9.86. The first kappa shape index (κ1) is 13.7. The SMILES string of the molecule is CC1(c2nc(-c3cc(F)ccc3Br)no2)COCC1N. The van der Waals surface area contributed by atoms with Crippen LogP contribution in [0.25, 0.3) is 11.4 Å². The lowest BCUT2D eigenvalue weighted by Crippen LogP contribution is -2.42. The summed E-state index contributed by atoms with van der Waals surface area (Å²) in [6.07, 6.45) is 0. The average Bonchev–Trinajstić information content (AvgIpc) is 3.02. The van der Waals surface area contributed by atoms with Crippen LogP contribution in [0.15, 0.2) is 27.2 Å². The van der Waals surface area contributed by atoms with Crippen molar-refractivity contribution >= 4 is 15.9 Å². The Morgan fingerprint density at radius 3 is 3.00 bits per heavy atom. The maximum Gasteiger partial charge on any atom is 0.236 e. The van der Waals surface area contributed by atoms with Crippen molar-refractivity contribution in [2.75, 3.05) is 13.2 Å². The van der Waals surface area contributed by atoms with E-state index in [1.54, 1.807) is 6.07 Å². The summed E-state index contributed by atoms with van der Waals surface area (Å²) in [4.78, 5) is 4.35. The van der Waals surface area contributed by atoms with Gasteiger partial charge in [-0.3, -0.25) is 0 Å². The van der Waals surface area contributed by atoms with Crippen LogP contribution in [0.2, 0.25) is 0 Å². The predicted octanol–water partition coefficient (Wildman–Crippen LogP) is 2.25. The van der Waals surface area contributed by atoms with Gasteiger partial charge in [0.05, 0.1) is 18.6 Å². The molecule has 1 aromatic carbocycles. The van der Waals surface area contributed by atoms with Gasteiger partial charge in [0, 0.05) is 16.1 Å². The third kappa shape index (κ3) is 2.15. The summed E-state index contributed by atoms with van der Waals surface area (Å²) >= 11 is 3.35. The van der Waals surface area contributed by atoms with Crippen molar-refractivity contribution < 1.29 is 13.7 Å². The van der Waals surface area contributed by atoms with Crippen LogP contribution < -0.4 is 5.73 Å². The van der Waals surface area contributed by atoms with Gasteiger partial charge in [0.2, 0.25) is 11.7 Å². The van der Waals surface area contributed by atoms with Crippen molar-refractivity contribution in [3.8, 4) is 11.4 Å². The van der Waals surface area contributed by atoms with Crippen LogP contribution in [0.4, 0.5) is 4.39 Å². The number of hydrogen-bond donors (Lipinski definition) is 1. The Kier molecular flexibility index (Phi) is 3.35. The lowest BCUT2D eigenvalue weighted by molar-refractivity contribution is 0.169. The lowest BCUT2D eigenvalue weighted by Gasteiger charge is -2.21. The molecule has 1 aliphatic heterocycles. The molecular formula is C13H13BrFN3O2. The summed E-state index contributed by atoms with van der Waals surface area (Å²) in [5.41, 5.74) is 6.05. The molecule has 2 unspecified atom stereocenters. The number of nitrogens with two attached hydrogens (primary N) is 1. The van der Waals surface area contributed by atoms with E-state index in [0.717, 1.165) is 0 Å². The molecule has 1 fully saturated rings. The monoisotopic (exact) mass is 341 g/mol. The van der Waals surface area contributed by atoms with E-state index in [9.17, 15) is 4.39 Å². The van der Waals surface area contributed by atoms with Gasteiger partial charge in [0.15, 0.2) is 0 Å². The summed E-state index contributed by atoms with van der Waals surface area (Å²) in [6.45, 7) is 2.81. The molecule has 3 rings (SSSR count). The number of ether oxygens (including phenoxy) is 1. The average molecular weight is 342 g/mol. The second kappa shape index (κ2) is 4.91. The molecule has 0 saturated carbocycles. The molecule has 7 heteroatoms. The fourth-order valence-electron chi connectivity index (χ4n) is 2.14. The molecule has 0 bridgehead atoms. The topological polar surface area (TPSA) is 74.2 Å². The van der Waals surface area contributed by atoms with Crippen LogP contribution in [0.3, 0.4) is 0 Å². The number of halogens is 2. The highest BCUT2D eigenvalue weighted by atomic mass is 79.9. The number of nitrogens with zero attached hydrogens (tertiary/aromatic N) is 2. The van der Waals surface area contributed by atoms with Crippen molar-refractivity contribution in [1.29, 1.82) is 0 Å². The fraction of sp³-hybridized carbons (Fsp3) is 0.385. The minimum atomic E-state index is -0.509. The first-order valence-corrected chi connectivity index (χ1v) is 6.93. The van der Waals surface area contributed by atoms with Crippen LogP contribution in [-0.4, -0.2) is 29.4 Å². The van der Waals surface area contributed by atoms with Gasteiger partial charge < -0.3 is 15.0 Å². The maximum absolute atomic E-state index is 13.3. The fourth-order valence-corrected chi connectivity index (χ4v) is 2.57. The van der Waals surface area contributed by atoms with Crippen LogP contribution in [0.5, 0.6) is 0 Å². The van der Waals surface area contributed by atoms with Crippen LogP contribution in [0, 0.1) is 5.82 Å². The molecule has 1 aromatic heterocycles. The Bertz CT molecular complexity index is 648. The number of rotatable bonds is 2. The second-order valence-electron chi connectivity index (χ2n) is 5.09. The van der Waals surface area contributed by atoms with Gasteiger partial charge in [-0.15, -0.1) is 0 Å². The number of benzene rings is 1. The quantitative estimate of drug-likeness (QED) is 0.906. The normalized spacial score (nSPS) is 26.1. The molecule has 5 nitrogen and oxygen atoms in total. The van der Waals surface area contributed by atoms with Gasteiger partial charge in [-0.05, 0) is 25.1 Å². The standard InChI is InChI=1S/C13H13BrFN3O2/c1-13(6-19-5-10(13)16)12-17-11(18-20-12)8-4-7(15)2-3-9(8)14/h2-4,10H,5-6,16H2,1H3. The zero-order valence-corrected chi connectivity index (χ0v) is 12.4. The molecule has 20 heavy (non-hydrogen) atoms. The molecule has 106 valence electrons. The largest absolute Gasteiger partial charge is 0.379 e. The second-order valence-corrected chi connectivity index (χ2v) is 5.94. The zero-order valence-electron chi connectivity index (χ0n) is 10.8. The van der Waals surface area contributed by atoms with Crippen LogP contribution in [-0.2, 0) is 10.2 Å². The highest BCUT2D eigenvalue weighted by molar-refractivity contribution is 9.10. The minimum absolute atomic E-state index is 0.202. The van der Waals surface area contributed by atoms with Crippen molar-refractivity contribution in [3.63, 3.8) is 0 Å². The molecule has 1 aliphatic rings. The van der Waals surface area contributed by atoms with Gasteiger partial charge in [-0.25, -0.2) is 4.39 Å². The van der Waals surface area contributed by atoms with E-state index < -0.39 is 5.41 Å². The summed E-state index contributed by atoms with van der Waals surface area (Å²) in [5.74, 6) is 0.377. The maximum atomic E-state index is 13.3. The molecule has 2 aromatic rings. The first-order chi connectivity index (χ1) is 9.50. The van der Waals surface area contributed by atoms with E-state index in [1.807, 2.05) is 6.92 Å². The molecule has 0 radical (unpaired) electrons.